The molecule has 1 heterocycles. The van der Waals surface area contributed by atoms with Crippen LogP contribution in [0.1, 0.15) is 0 Å². The molecule has 0 aromatic rings. The first-order valence-corrected chi connectivity index (χ1v) is 1.58. The molecule has 16 valence electrons. The molecule has 0 unspecified atom stereocenters. The number of hydrogen-bond acceptors (Lipinski definition) is 0. The van der Waals surface area contributed by atoms with Crippen LogP contribution in [-0.2, 0) is 0 Å². The number of rotatable bonds is 0. The van der Waals surface area contributed by atoms with Gasteiger partial charge >= 0.3 is 27.1 Å². The zero-order valence-electron chi connectivity index (χ0n) is 2.73. The molecule has 1 aliphatic rings. The first-order chi connectivity index (χ1) is 1.89. The van der Waals surface area contributed by atoms with Crippen molar-refractivity contribution in [1.82, 2.24) is 0 Å². The molecule has 0 aliphatic carbocycles. The molecule has 0 saturated heterocycles. The fraction of sp³-hybridized carbons (Fsp3) is 1.00. The Morgan fingerprint density at radius 3 is 1.75 bits per heavy atom. The van der Waals surface area contributed by atoms with Crippen LogP contribution in [0, 0.1) is 0 Å². The van der Waals surface area contributed by atoms with Crippen molar-refractivity contribution < 1.29 is 0 Å². The normalized spacial score (nSPS) is 18.0. The second-order valence-corrected chi connectivity index (χ2v) is 1.24. The summed E-state index contributed by atoms with van der Waals surface area (Å²) in [6.07, 6.45) is 0. The van der Waals surface area contributed by atoms with E-state index in [0.717, 1.165) is 5.62 Å². The second-order valence-electron chi connectivity index (χ2n) is 1.24. The third kappa shape index (κ3) is 0.307. The van der Waals surface area contributed by atoms with Crippen LogP contribution < -0.4 is 0 Å². The molecule has 0 aromatic heterocycles. The average molecular weight is 47.5 g/mol. The van der Waals surface area contributed by atoms with Gasteiger partial charge in [-0.15, -0.1) is 0 Å². The molecule has 0 fully saturated rings. The van der Waals surface area contributed by atoms with Gasteiger partial charge in [0.15, 0.2) is 0 Å². The van der Waals surface area contributed by atoms with E-state index in [-0.39, 0.29) is 0 Å². The van der Waals surface area contributed by atoms with Gasteiger partial charge in [-0.25, -0.2) is 0 Å². The van der Waals surface area contributed by atoms with Gasteiger partial charge in [0.25, 0.3) is 0 Å². The molecule has 0 bridgehead atoms. The Hall–Kier alpha value is 0.195. The van der Waals surface area contributed by atoms with E-state index < -0.39 is 0 Å². The van der Waals surface area contributed by atoms with Gasteiger partial charge in [-0.3, -0.25) is 0 Å². The minimum absolute atomic E-state index is 0.833. The molecule has 0 saturated carbocycles. The van der Waals surface area contributed by atoms with Crippen LogP contribution in [-0.4, -0.2) is 21.4 Å². The Morgan fingerprint density at radius 2 is 1.75 bits per heavy atom. The van der Waals surface area contributed by atoms with E-state index in [1.54, 1.807) is 0 Å². The van der Waals surface area contributed by atoms with Gasteiger partial charge in [-0.2, -0.15) is 0 Å². The molecule has 0 spiro atoms. The molecule has 0 radical (unpaired) electrons. The zero-order chi connectivity index (χ0) is 2.99. The Morgan fingerprint density at radius 1 is 1.50 bits per heavy atom. The Balaban J connectivity index is 2.32. The van der Waals surface area contributed by atoms with Crippen LogP contribution in [0.2, 0.25) is 5.62 Å². The summed E-state index contributed by atoms with van der Waals surface area (Å²) in [4.78, 5) is 0. The van der Waals surface area contributed by atoms with Gasteiger partial charge in [0, 0.05) is 0 Å². The molecule has 0 N–H and O–H groups in total. The van der Waals surface area contributed by atoms with E-state index in [1.807, 2.05) is 0 Å². The van der Waals surface area contributed by atoms with E-state index in [9.17, 15) is 0 Å². The maximum atomic E-state index is 2.17. The molecular weight excluding hydrogens is 44.4 g/mol. The second kappa shape index (κ2) is 0.570. The van der Waals surface area contributed by atoms with Crippen LogP contribution in [0.5, 0.6) is 0 Å². The standard InChI is InChI=1S/CH3B3/c2-1-3-4-1/h1H,2H2. The Labute approximate surface area is 28.1 Å². The van der Waals surface area contributed by atoms with Crippen molar-refractivity contribution in [3.63, 3.8) is 0 Å². The van der Waals surface area contributed by atoms with Crippen LogP contribution in [0.3, 0.4) is 0 Å². The summed E-state index contributed by atoms with van der Waals surface area (Å²) in [6.45, 7) is 4.33. The van der Waals surface area contributed by atoms with Gasteiger partial charge < -0.3 is 0 Å². The first-order valence-electron chi connectivity index (χ1n) is 1.58. The van der Waals surface area contributed by atoms with Crippen molar-refractivity contribution in [1.29, 1.82) is 0 Å². The third-order valence-corrected chi connectivity index (χ3v) is 0.577. The van der Waals surface area contributed by atoms with Crippen molar-refractivity contribution in [2.24, 2.45) is 0 Å². The van der Waals surface area contributed by atoms with Gasteiger partial charge in [0.2, 0.25) is 0 Å². The average Bonchev–Trinajstić information content (AvgIpc) is 1.75. The van der Waals surface area contributed by atoms with Gasteiger partial charge in [0.1, 0.15) is 0 Å². The molecule has 3 heteroatoms. The molecular formula is CH3B3. The summed E-state index contributed by atoms with van der Waals surface area (Å²) in [7, 11) is 2.17. The summed E-state index contributed by atoms with van der Waals surface area (Å²) in [5.74, 6) is 0. The summed E-state index contributed by atoms with van der Waals surface area (Å²) < 4.78 is 0. The molecule has 1 rings (SSSR count). The van der Waals surface area contributed by atoms with E-state index in [2.05, 4.69) is 21.4 Å². The van der Waals surface area contributed by atoms with E-state index in [1.165, 1.54) is 0 Å². The fourth-order valence-corrected chi connectivity index (χ4v) is 0.111. The SMILES string of the molecule is BC1B=B1. The van der Waals surface area contributed by atoms with Crippen LogP contribution in [0.25, 0.3) is 0 Å². The summed E-state index contributed by atoms with van der Waals surface area (Å²) in [5.41, 5.74) is 0.833. The molecule has 4 heavy (non-hydrogen) atoms. The van der Waals surface area contributed by atoms with E-state index in [0.29, 0.717) is 0 Å². The summed E-state index contributed by atoms with van der Waals surface area (Å²) >= 11 is 0. The monoisotopic (exact) mass is 48.1 g/mol. The topological polar surface area (TPSA) is 0 Å². The van der Waals surface area contributed by atoms with Gasteiger partial charge in [0.05, 0.1) is 0 Å². The number of hydrogen-bond donors (Lipinski definition) is 0. The van der Waals surface area contributed by atoms with Gasteiger partial charge in [-0.05, 0) is 0 Å². The van der Waals surface area contributed by atoms with Crippen LogP contribution in [0.4, 0.5) is 0 Å². The molecule has 0 aromatic carbocycles. The Kier molecular flexibility index (Phi) is 0.347. The molecule has 0 nitrogen and oxygen atoms in total. The van der Waals surface area contributed by atoms with Gasteiger partial charge in [-0.1, -0.05) is 0 Å². The van der Waals surface area contributed by atoms with Crippen molar-refractivity contribution >= 4 is 21.4 Å². The molecule has 0 amide bonds. The van der Waals surface area contributed by atoms with Crippen LogP contribution >= 0.6 is 0 Å². The summed E-state index contributed by atoms with van der Waals surface area (Å²) in [6, 6.07) is 0. The Bertz CT molecular complexity index is 41.2. The minimum atomic E-state index is 0.833. The van der Waals surface area contributed by atoms with Crippen molar-refractivity contribution in [2.75, 3.05) is 0 Å². The molecule has 0 atom stereocenters. The predicted molar refractivity (Wildman–Crippen MR) is 23.8 cm³/mol. The van der Waals surface area contributed by atoms with Crippen molar-refractivity contribution in [2.45, 2.75) is 5.62 Å². The quantitative estimate of drug-likeness (QED) is 0.297. The van der Waals surface area contributed by atoms with Crippen molar-refractivity contribution in [3.05, 3.63) is 0 Å². The fourth-order valence-electron chi connectivity index (χ4n) is 0.111. The summed E-state index contributed by atoms with van der Waals surface area (Å²) in [5, 5.41) is 0. The van der Waals surface area contributed by atoms with E-state index >= 15 is 0 Å². The molecule has 1 aliphatic heterocycles. The predicted octanol–water partition coefficient (Wildman–Crippen LogP) is -1.34. The van der Waals surface area contributed by atoms with Crippen molar-refractivity contribution in [3.8, 4) is 0 Å². The maximum absolute atomic E-state index is 2.17. The van der Waals surface area contributed by atoms with Crippen LogP contribution in [0.15, 0.2) is 0 Å². The third-order valence-electron chi connectivity index (χ3n) is 0.577. The zero-order valence-corrected chi connectivity index (χ0v) is 2.73. The van der Waals surface area contributed by atoms with E-state index in [4.69, 9.17) is 0 Å². The first kappa shape index (κ1) is 2.43.